The van der Waals surface area contributed by atoms with Gasteiger partial charge < -0.3 is 10.5 Å². The largest absolute Gasteiger partial charge is 0.497 e. The molecule has 0 aliphatic heterocycles. The summed E-state index contributed by atoms with van der Waals surface area (Å²) in [6, 6.07) is 25.0. The molecule has 11 nitrogen and oxygen atoms in total. The van der Waals surface area contributed by atoms with E-state index in [0.717, 1.165) is 16.7 Å². The number of carbonyl (C=O) groups is 1. The van der Waals surface area contributed by atoms with Crippen molar-refractivity contribution in [2.24, 2.45) is 5.10 Å². The Kier molecular flexibility index (Phi) is 6.41. The summed E-state index contributed by atoms with van der Waals surface area (Å²) in [5, 5.41) is 19.8. The molecule has 3 aromatic carbocycles. The van der Waals surface area contributed by atoms with Gasteiger partial charge in [0.25, 0.3) is 5.91 Å². The van der Waals surface area contributed by atoms with Crippen LogP contribution in [0.5, 0.6) is 5.75 Å². The number of nitrogens with two attached hydrogens (primary N) is 1. The molecule has 5 rings (SSSR count). The van der Waals surface area contributed by atoms with Gasteiger partial charge in [-0.25, -0.2) is 10.1 Å². The minimum atomic E-state index is -0.570. The second-order valence-electron chi connectivity index (χ2n) is 7.99. The monoisotopic (exact) mass is 494 g/mol. The van der Waals surface area contributed by atoms with Gasteiger partial charge in [0, 0.05) is 5.56 Å². The predicted octanol–water partition coefficient (Wildman–Crippen LogP) is 3.73. The highest BCUT2D eigenvalue weighted by atomic mass is 16.6. The Balaban J connectivity index is 1.43. The molecule has 0 radical (unpaired) electrons. The Bertz CT molecular complexity index is 1570. The van der Waals surface area contributed by atoms with Crippen LogP contribution in [0.3, 0.4) is 0 Å². The molecule has 0 spiro atoms. The molecule has 37 heavy (non-hydrogen) atoms. The second kappa shape index (κ2) is 10.1. The fraction of sp³-hybridized carbons (Fsp3) is 0.0769. The molecule has 11 heteroatoms. The highest BCUT2D eigenvalue weighted by molar-refractivity contribution is 6.02. The van der Waals surface area contributed by atoms with Gasteiger partial charge in [-0.15, -0.1) is 5.10 Å². The number of aromatic nitrogens is 5. The number of amides is 1. The maximum atomic E-state index is 13.2. The number of hydrazone groups is 1. The minimum absolute atomic E-state index is 0.00572. The summed E-state index contributed by atoms with van der Waals surface area (Å²) < 4.78 is 11.3. The average Bonchev–Trinajstić information content (AvgIpc) is 3.58. The maximum Gasteiger partial charge on any atom is 0.294 e. The van der Waals surface area contributed by atoms with Crippen LogP contribution in [0.25, 0.3) is 28.2 Å². The maximum absolute atomic E-state index is 13.2. The number of methoxy groups -OCH3 is 1. The smallest absolute Gasteiger partial charge is 0.294 e. The molecule has 2 aromatic heterocycles. The molecule has 5 aromatic rings. The Labute approximate surface area is 211 Å². The van der Waals surface area contributed by atoms with Gasteiger partial charge in [0.2, 0.25) is 11.6 Å². The zero-order chi connectivity index (χ0) is 25.8. The number of nitrogen functional groups attached to an aromatic ring is 1. The highest BCUT2D eigenvalue weighted by Gasteiger charge is 2.25. The standard InChI is InChI=1S/C26H22N8O3/c1-16(17-11-13-19(14-12-17)18-7-4-3-5-8-18)28-30-26(35)22-23(20-9-6-10-21(15-20)36-2)34(33-29-22)25-24(27)31-37-32-25/h3-15H,1-2H3,(H2,27,31)(H,30,35)/b28-16-. The van der Waals surface area contributed by atoms with Gasteiger partial charge in [-0.1, -0.05) is 71.9 Å². The molecule has 0 atom stereocenters. The first kappa shape index (κ1) is 23.4. The van der Waals surface area contributed by atoms with E-state index < -0.39 is 5.91 Å². The number of ether oxygens (including phenoxy) is 1. The minimum Gasteiger partial charge on any atom is -0.497 e. The molecular weight excluding hydrogens is 472 g/mol. The van der Waals surface area contributed by atoms with Crippen molar-refractivity contribution in [3.05, 3.63) is 90.1 Å². The normalized spacial score (nSPS) is 11.4. The third kappa shape index (κ3) is 4.78. The highest BCUT2D eigenvalue weighted by Crippen LogP contribution is 2.29. The summed E-state index contributed by atoms with van der Waals surface area (Å²) in [4.78, 5) is 13.2. The van der Waals surface area contributed by atoms with Crippen LogP contribution in [0.2, 0.25) is 0 Å². The predicted molar refractivity (Wildman–Crippen MR) is 137 cm³/mol. The summed E-state index contributed by atoms with van der Waals surface area (Å²) >= 11 is 0. The van der Waals surface area contributed by atoms with Gasteiger partial charge in [-0.2, -0.15) is 9.78 Å². The van der Waals surface area contributed by atoms with E-state index in [1.807, 2.05) is 54.6 Å². The number of nitrogens with one attached hydrogen (secondary N) is 1. The van der Waals surface area contributed by atoms with E-state index in [1.54, 1.807) is 38.3 Å². The molecule has 3 N–H and O–H groups in total. The topological polar surface area (TPSA) is 146 Å². The van der Waals surface area contributed by atoms with Crippen LogP contribution in [-0.2, 0) is 0 Å². The lowest BCUT2D eigenvalue weighted by molar-refractivity contribution is 0.0950. The quantitative estimate of drug-likeness (QED) is 0.257. The fourth-order valence-electron chi connectivity index (χ4n) is 3.74. The van der Waals surface area contributed by atoms with Crippen LogP contribution >= 0.6 is 0 Å². The molecule has 0 aliphatic rings. The number of hydrogen-bond donors (Lipinski definition) is 2. The molecule has 0 bridgehead atoms. The number of hydrogen-bond acceptors (Lipinski definition) is 9. The third-order valence-electron chi connectivity index (χ3n) is 5.66. The Morgan fingerprint density at radius 1 is 0.973 bits per heavy atom. The fourth-order valence-corrected chi connectivity index (χ4v) is 3.74. The number of benzene rings is 3. The van der Waals surface area contributed by atoms with Gasteiger partial charge in [-0.05, 0) is 46.1 Å². The third-order valence-corrected chi connectivity index (χ3v) is 5.66. The number of anilines is 1. The van der Waals surface area contributed by atoms with E-state index in [1.165, 1.54) is 4.68 Å². The lowest BCUT2D eigenvalue weighted by atomic mass is 10.0. The van der Waals surface area contributed by atoms with Crippen molar-refractivity contribution < 1.29 is 14.2 Å². The Hall–Kier alpha value is -5.32. The zero-order valence-electron chi connectivity index (χ0n) is 20.0. The van der Waals surface area contributed by atoms with Crippen LogP contribution in [0.1, 0.15) is 23.0 Å². The van der Waals surface area contributed by atoms with Crippen molar-refractivity contribution >= 4 is 17.4 Å². The average molecular weight is 495 g/mol. The second-order valence-corrected chi connectivity index (χ2v) is 7.99. The molecule has 184 valence electrons. The van der Waals surface area contributed by atoms with E-state index >= 15 is 0 Å². The van der Waals surface area contributed by atoms with Crippen LogP contribution in [0.4, 0.5) is 5.82 Å². The molecular formula is C26H22N8O3. The first-order chi connectivity index (χ1) is 18.0. The van der Waals surface area contributed by atoms with E-state index in [-0.39, 0.29) is 17.3 Å². The molecule has 0 fully saturated rings. The van der Waals surface area contributed by atoms with E-state index in [2.05, 4.69) is 31.2 Å². The summed E-state index contributed by atoms with van der Waals surface area (Å²) in [6.07, 6.45) is 0. The first-order valence-corrected chi connectivity index (χ1v) is 11.2. The lowest BCUT2D eigenvalue weighted by Gasteiger charge is -2.08. The van der Waals surface area contributed by atoms with Crippen LogP contribution < -0.4 is 15.9 Å². The molecule has 0 saturated carbocycles. The van der Waals surface area contributed by atoms with Crippen LogP contribution in [0, 0.1) is 0 Å². The summed E-state index contributed by atoms with van der Waals surface area (Å²) in [7, 11) is 1.55. The zero-order valence-corrected chi connectivity index (χ0v) is 20.0. The van der Waals surface area contributed by atoms with Crippen molar-refractivity contribution in [2.75, 3.05) is 12.8 Å². The molecule has 0 saturated heterocycles. The molecule has 1 amide bonds. The molecule has 0 aliphatic carbocycles. The summed E-state index contributed by atoms with van der Waals surface area (Å²) in [6.45, 7) is 1.80. The molecule has 2 heterocycles. The van der Waals surface area contributed by atoms with Crippen molar-refractivity contribution in [3.8, 4) is 34.0 Å². The Morgan fingerprint density at radius 3 is 2.41 bits per heavy atom. The van der Waals surface area contributed by atoms with Crippen molar-refractivity contribution in [1.29, 1.82) is 0 Å². The first-order valence-electron chi connectivity index (χ1n) is 11.2. The lowest BCUT2D eigenvalue weighted by Crippen LogP contribution is -2.21. The van der Waals surface area contributed by atoms with Gasteiger partial charge in [0.15, 0.2) is 5.69 Å². The number of rotatable bonds is 7. The van der Waals surface area contributed by atoms with Gasteiger partial charge >= 0.3 is 0 Å². The molecule has 0 unspecified atom stereocenters. The van der Waals surface area contributed by atoms with Gasteiger partial charge in [0.05, 0.1) is 12.8 Å². The van der Waals surface area contributed by atoms with Crippen molar-refractivity contribution in [1.82, 2.24) is 30.7 Å². The van der Waals surface area contributed by atoms with E-state index in [9.17, 15) is 4.79 Å². The summed E-state index contributed by atoms with van der Waals surface area (Å²) in [5.74, 6) is 0.103. The van der Waals surface area contributed by atoms with Crippen LogP contribution in [-0.4, -0.2) is 44.0 Å². The van der Waals surface area contributed by atoms with E-state index in [4.69, 9.17) is 15.1 Å². The number of carbonyl (C=O) groups excluding carboxylic acids is 1. The Morgan fingerprint density at radius 2 is 1.70 bits per heavy atom. The van der Waals surface area contributed by atoms with Crippen molar-refractivity contribution in [3.63, 3.8) is 0 Å². The summed E-state index contributed by atoms with van der Waals surface area (Å²) in [5.41, 5.74) is 13.0. The van der Waals surface area contributed by atoms with Gasteiger partial charge in [0.1, 0.15) is 11.4 Å². The van der Waals surface area contributed by atoms with Crippen molar-refractivity contribution in [2.45, 2.75) is 6.92 Å². The van der Waals surface area contributed by atoms with Crippen LogP contribution in [0.15, 0.2) is 88.6 Å². The van der Waals surface area contributed by atoms with E-state index in [0.29, 0.717) is 22.7 Å². The SMILES string of the molecule is COc1cccc(-c2c(C(=O)N/N=C(/C)c3ccc(-c4ccccc4)cc3)nnn2-c2nonc2N)c1. The number of nitrogens with zero attached hydrogens (tertiary/aromatic N) is 6. The van der Waals surface area contributed by atoms with Gasteiger partial charge in [-0.3, -0.25) is 4.79 Å².